The van der Waals surface area contributed by atoms with E-state index in [2.05, 4.69) is 15.0 Å². The van der Waals surface area contributed by atoms with Gasteiger partial charge in [0.05, 0.1) is 0 Å². The highest BCUT2D eigenvalue weighted by Gasteiger charge is 2.09. The molecule has 2 aromatic rings. The van der Waals surface area contributed by atoms with E-state index in [1.807, 2.05) is 0 Å². The normalized spacial score (nSPS) is 11.0. The zero-order valence-corrected chi connectivity index (χ0v) is 12.8. The van der Waals surface area contributed by atoms with Gasteiger partial charge in [-0.05, 0) is 12.1 Å². The van der Waals surface area contributed by atoms with Crippen LogP contribution < -0.4 is 10.1 Å². The number of alkyl halides is 2. The fraction of sp³-hybridized carbons (Fsp3) is 0.133. The third-order valence-electron chi connectivity index (χ3n) is 2.64. The van der Waals surface area contributed by atoms with Gasteiger partial charge in [0, 0.05) is 23.9 Å². The molecule has 0 bridgehead atoms. The second-order valence-corrected chi connectivity index (χ2v) is 5.19. The van der Waals surface area contributed by atoms with E-state index in [0.717, 1.165) is 11.3 Å². The zero-order valence-electron chi connectivity index (χ0n) is 12.0. The molecule has 0 saturated heterocycles. The highest BCUT2D eigenvalue weighted by atomic mass is 32.1. The number of carbonyl (C=O) groups is 2. The Hall–Kier alpha value is -2.61. The second kappa shape index (κ2) is 7.59. The number of hydrogen-bond donors (Lipinski definition) is 1. The SMILES string of the molecule is CC(=O)c1csc(NC(=O)/C=C/c2ccccc2OC(F)F)n1. The van der Waals surface area contributed by atoms with E-state index in [1.54, 1.807) is 18.2 Å². The highest BCUT2D eigenvalue weighted by molar-refractivity contribution is 7.14. The molecule has 1 N–H and O–H groups in total. The van der Waals surface area contributed by atoms with Gasteiger partial charge in [-0.1, -0.05) is 18.2 Å². The van der Waals surface area contributed by atoms with E-state index < -0.39 is 12.5 Å². The molecule has 1 heterocycles. The Balaban J connectivity index is 2.04. The Bertz CT molecular complexity index is 744. The fourth-order valence-corrected chi connectivity index (χ4v) is 2.38. The number of thiazole rings is 1. The van der Waals surface area contributed by atoms with Gasteiger partial charge in [0.1, 0.15) is 11.4 Å². The van der Waals surface area contributed by atoms with E-state index in [9.17, 15) is 18.4 Å². The van der Waals surface area contributed by atoms with Crippen molar-refractivity contribution in [3.63, 3.8) is 0 Å². The van der Waals surface area contributed by atoms with Crippen molar-refractivity contribution in [2.24, 2.45) is 0 Å². The third kappa shape index (κ3) is 4.96. The number of rotatable bonds is 6. The monoisotopic (exact) mass is 338 g/mol. The molecule has 1 aromatic heterocycles. The highest BCUT2D eigenvalue weighted by Crippen LogP contribution is 2.21. The summed E-state index contributed by atoms with van der Waals surface area (Å²) in [5.41, 5.74) is 0.608. The minimum Gasteiger partial charge on any atom is -0.434 e. The topological polar surface area (TPSA) is 68.3 Å². The number of anilines is 1. The number of nitrogens with one attached hydrogen (secondary N) is 1. The van der Waals surface area contributed by atoms with Crippen molar-refractivity contribution in [2.45, 2.75) is 13.5 Å². The summed E-state index contributed by atoms with van der Waals surface area (Å²) in [7, 11) is 0. The number of benzene rings is 1. The third-order valence-corrected chi connectivity index (χ3v) is 3.40. The van der Waals surface area contributed by atoms with Gasteiger partial charge in [-0.2, -0.15) is 8.78 Å². The van der Waals surface area contributed by atoms with Crippen LogP contribution in [0.1, 0.15) is 23.0 Å². The Morgan fingerprint density at radius 3 is 2.74 bits per heavy atom. The van der Waals surface area contributed by atoms with Gasteiger partial charge in [0.25, 0.3) is 0 Å². The van der Waals surface area contributed by atoms with Crippen LogP contribution in [0.3, 0.4) is 0 Å². The molecule has 120 valence electrons. The molecule has 8 heteroatoms. The molecular weight excluding hydrogens is 326 g/mol. The summed E-state index contributed by atoms with van der Waals surface area (Å²) in [4.78, 5) is 26.9. The van der Waals surface area contributed by atoms with Gasteiger partial charge < -0.3 is 4.74 Å². The summed E-state index contributed by atoms with van der Waals surface area (Å²) in [6.45, 7) is -1.57. The lowest BCUT2D eigenvalue weighted by Gasteiger charge is -2.07. The van der Waals surface area contributed by atoms with Gasteiger partial charge in [-0.25, -0.2) is 4.98 Å². The van der Waals surface area contributed by atoms with Crippen molar-refractivity contribution < 1.29 is 23.1 Å². The molecule has 0 radical (unpaired) electrons. The van der Waals surface area contributed by atoms with Gasteiger partial charge in [-0.15, -0.1) is 11.3 Å². The number of carbonyl (C=O) groups excluding carboxylic acids is 2. The predicted octanol–water partition coefficient (Wildman–Crippen LogP) is 3.60. The number of para-hydroxylation sites is 1. The molecule has 0 saturated carbocycles. The minimum absolute atomic E-state index is 0.0281. The number of halogens is 2. The number of nitrogens with zero attached hydrogens (tertiary/aromatic N) is 1. The quantitative estimate of drug-likeness (QED) is 0.645. The van der Waals surface area contributed by atoms with E-state index in [0.29, 0.717) is 5.56 Å². The van der Waals surface area contributed by atoms with Crippen LogP contribution in [-0.4, -0.2) is 23.3 Å². The summed E-state index contributed by atoms with van der Waals surface area (Å²) >= 11 is 1.12. The molecular formula is C15H12F2N2O3S. The van der Waals surface area contributed by atoms with Crippen molar-refractivity contribution in [2.75, 3.05) is 5.32 Å². The van der Waals surface area contributed by atoms with Crippen LogP contribution in [0.15, 0.2) is 35.7 Å². The first-order valence-corrected chi connectivity index (χ1v) is 7.33. The molecule has 0 atom stereocenters. The smallest absolute Gasteiger partial charge is 0.387 e. The van der Waals surface area contributed by atoms with Crippen molar-refractivity contribution in [1.82, 2.24) is 4.98 Å². The standard InChI is InChI=1S/C15H12F2N2O3S/c1-9(20)11-8-23-15(18-11)19-13(21)7-6-10-4-2-3-5-12(10)22-14(16)17/h2-8,14H,1H3,(H,18,19,21)/b7-6+. The summed E-state index contributed by atoms with van der Waals surface area (Å²) in [6.07, 6.45) is 2.52. The molecule has 0 aliphatic heterocycles. The average Bonchev–Trinajstić information content (AvgIpc) is 2.94. The van der Waals surface area contributed by atoms with Crippen LogP contribution in [0.4, 0.5) is 13.9 Å². The summed E-state index contributed by atoms with van der Waals surface area (Å²) in [6, 6.07) is 6.10. The molecule has 0 unspecified atom stereocenters. The first-order valence-electron chi connectivity index (χ1n) is 6.45. The average molecular weight is 338 g/mol. The Labute approximate surface area is 134 Å². The minimum atomic E-state index is -2.95. The van der Waals surface area contributed by atoms with Gasteiger partial charge in [0.2, 0.25) is 5.91 Å². The molecule has 5 nitrogen and oxygen atoms in total. The van der Waals surface area contributed by atoms with Crippen LogP contribution in [0.25, 0.3) is 6.08 Å². The molecule has 0 fully saturated rings. The number of ether oxygens (including phenoxy) is 1. The summed E-state index contributed by atoms with van der Waals surface area (Å²) in [5, 5.41) is 4.30. The van der Waals surface area contributed by atoms with Gasteiger partial charge in [-0.3, -0.25) is 14.9 Å². The Morgan fingerprint density at radius 2 is 2.09 bits per heavy atom. The van der Waals surface area contributed by atoms with Crippen LogP contribution in [0.5, 0.6) is 5.75 Å². The lowest BCUT2D eigenvalue weighted by atomic mass is 10.2. The largest absolute Gasteiger partial charge is 0.434 e. The van der Waals surface area contributed by atoms with E-state index in [4.69, 9.17) is 0 Å². The Kier molecular flexibility index (Phi) is 5.53. The predicted molar refractivity (Wildman–Crippen MR) is 82.9 cm³/mol. The van der Waals surface area contributed by atoms with Crippen molar-refractivity contribution in [3.8, 4) is 5.75 Å². The van der Waals surface area contributed by atoms with Crippen LogP contribution >= 0.6 is 11.3 Å². The van der Waals surface area contributed by atoms with Gasteiger partial charge in [0.15, 0.2) is 10.9 Å². The first-order chi connectivity index (χ1) is 11.0. The first kappa shape index (κ1) is 16.8. The number of hydrogen-bond acceptors (Lipinski definition) is 5. The van der Waals surface area contributed by atoms with Gasteiger partial charge >= 0.3 is 6.61 Å². The molecule has 0 aliphatic carbocycles. The van der Waals surface area contributed by atoms with Crippen LogP contribution in [0.2, 0.25) is 0 Å². The second-order valence-electron chi connectivity index (χ2n) is 4.33. The van der Waals surface area contributed by atoms with Crippen molar-refractivity contribution in [3.05, 3.63) is 47.0 Å². The summed E-state index contributed by atoms with van der Waals surface area (Å²) in [5.74, 6) is -0.726. The Morgan fingerprint density at radius 1 is 1.35 bits per heavy atom. The fourth-order valence-electron chi connectivity index (χ4n) is 1.63. The zero-order chi connectivity index (χ0) is 16.8. The van der Waals surface area contributed by atoms with Crippen LogP contribution in [0, 0.1) is 0 Å². The van der Waals surface area contributed by atoms with Crippen molar-refractivity contribution >= 4 is 34.2 Å². The molecule has 2 rings (SSSR count). The maximum atomic E-state index is 12.3. The van der Waals surface area contributed by atoms with Crippen LogP contribution in [-0.2, 0) is 4.79 Å². The number of amides is 1. The molecule has 1 aromatic carbocycles. The molecule has 23 heavy (non-hydrogen) atoms. The maximum absolute atomic E-state index is 12.3. The summed E-state index contributed by atoms with van der Waals surface area (Å²) < 4.78 is 29.0. The lowest BCUT2D eigenvalue weighted by Crippen LogP contribution is -2.08. The number of Topliss-reactive ketones (excluding diaryl/α,β-unsaturated/α-hetero) is 1. The number of ketones is 1. The lowest BCUT2D eigenvalue weighted by molar-refractivity contribution is -0.111. The molecule has 0 aliphatic rings. The van der Waals surface area contributed by atoms with E-state index >= 15 is 0 Å². The number of aromatic nitrogens is 1. The van der Waals surface area contributed by atoms with Crippen molar-refractivity contribution in [1.29, 1.82) is 0 Å². The van der Waals surface area contributed by atoms with E-state index in [1.165, 1.54) is 30.5 Å². The maximum Gasteiger partial charge on any atom is 0.387 e. The molecule has 0 spiro atoms. The van der Waals surface area contributed by atoms with E-state index in [-0.39, 0.29) is 22.4 Å². The molecule has 1 amide bonds.